The second kappa shape index (κ2) is 4.89. The van der Waals surface area contributed by atoms with Gasteiger partial charge in [-0.25, -0.2) is 13.1 Å². The predicted molar refractivity (Wildman–Crippen MR) is 76.2 cm³/mol. The predicted octanol–water partition coefficient (Wildman–Crippen LogP) is 1.78. The third kappa shape index (κ3) is 2.99. The molecule has 0 radical (unpaired) electrons. The normalized spacial score (nSPS) is 21.4. The molecule has 106 valence electrons. The molecule has 1 aromatic carbocycles. The molecule has 1 unspecified atom stereocenters. The van der Waals surface area contributed by atoms with Crippen LogP contribution in [0.3, 0.4) is 0 Å². The lowest BCUT2D eigenvalue weighted by atomic mass is 10.1. The molecule has 1 aliphatic rings. The molecule has 0 aromatic heterocycles. The first-order valence-corrected chi connectivity index (χ1v) is 8.12. The first-order valence-electron chi connectivity index (χ1n) is 6.64. The Morgan fingerprint density at radius 3 is 2.47 bits per heavy atom. The summed E-state index contributed by atoms with van der Waals surface area (Å²) < 4.78 is 27.3. The number of rotatable bonds is 5. The summed E-state index contributed by atoms with van der Waals surface area (Å²) in [6.45, 7) is 6.52. The molecule has 1 aliphatic carbocycles. The van der Waals surface area contributed by atoms with Gasteiger partial charge in [-0.3, -0.25) is 0 Å². The summed E-state index contributed by atoms with van der Waals surface area (Å²) in [7, 11) is -3.43. The molecule has 1 saturated carbocycles. The molecule has 19 heavy (non-hydrogen) atoms. The summed E-state index contributed by atoms with van der Waals surface area (Å²) in [4.78, 5) is 0.313. The van der Waals surface area contributed by atoms with Crippen LogP contribution in [0.15, 0.2) is 23.1 Å². The van der Waals surface area contributed by atoms with Gasteiger partial charge in [0.15, 0.2) is 0 Å². The smallest absolute Gasteiger partial charge is 0.240 e. The van der Waals surface area contributed by atoms with Crippen molar-refractivity contribution in [2.24, 2.45) is 11.1 Å². The van der Waals surface area contributed by atoms with Gasteiger partial charge in [0, 0.05) is 12.6 Å². The minimum Gasteiger partial charge on any atom is -0.326 e. The topological polar surface area (TPSA) is 72.2 Å². The van der Waals surface area contributed by atoms with E-state index in [9.17, 15) is 8.42 Å². The second-order valence-electron chi connectivity index (χ2n) is 5.85. The Morgan fingerprint density at radius 2 is 2.00 bits per heavy atom. The minimum absolute atomic E-state index is 0.0460. The Morgan fingerprint density at radius 1 is 1.37 bits per heavy atom. The quantitative estimate of drug-likeness (QED) is 0.864. The molecule has 0 saturated heterocycles. The molecular formula is C14H22N2O2S. The van der Waals surface area contributed by atoms with Crippen LogP contribution >= 0.6 is 0 Å². The lowest BCUT2D eigenvalue weighted by molar-refractivity contribution is 0.555. The molecule has 1 fully saturated rings. The van der Waals surface area contributed by atoms with Crippen molar-refractivity contribution in [1.29, 1.82) is 0 Å². The van der Waals surface area contributed by atoms with Crippen LogP contribution in [0.25, 0.3) is 0 Å². The van der Waals surface area contributed by atoms with Crippen molar-refractivity contribution in [3.8, 4) is 0 Å². The molecule has 1 atom stereocenters. The van der Waals surface area contributed by atoms with Gasteiger partial charge in [0.1, 0.15) is 0 Å². The van der Waals surface area contributed by atoms with Crippen molar-refractivity contribution in [3.63, 3.8) is 0 Å². The highest BCUT2D eigenvalue weighted by molar-refractivity contribution is 7.89. The van der Waals surface area contributed by atoms with E-state index in [4.69, 9.17) is 5.73 Å². The Labute approximate surface area is 115 Å². The van der Waals surface area contributed by atoms with Gasteiger partial charge in [-0.1, -0.05) is 26.8 Å². The zero-order valence-electron chi connectivity index (χ0n) is 11.7. The molecule has 5 heteroatoms. The molecule has 0 bridgehead atoms. The van der Waals surface area contributed by atoms with Crippen LogP contribution in [0.4, 0.5) is 0 Å². The highest BCUT2D eigenvalue weighted by Crippen LogP contribution is 2.45. The average molecular weight is 282 g/mol. The number of benzene rings is 1. The monoisotopic (exact) mass is 282 g/mol. The molecule has 4 nitrogen and oxygen atoms in total. The second-order valence-corrected chi connectivity index (χ2v) is 7.57. The largest absolute Gasteiger partial charge is 0.326 e. The van der Waals surface area contributed by atoms with Crippen molar-refractivity contribution in [2.75, 3.05) is 0 Å². The van der Waals surface area contributed by atoms with Crippen LogP contribution < -0.4 is 10.5 Å². The van der Waals surface area contributed by atoms with E-state index in [1.807, 2.05) is 13.0 Å². The summed E-state index contributed by atoms with van der Waals surface area (Å²) in [6, 6.07) is 5.26. The molecule has 2 rings (SSSR count). The van der Waals surface area contributed by atoms with Crippen molar-refractivity contribution >= 4 is 10.0 Å². The Balaban J connectivity index is 2.26. The summed E-state index contributed by atoms with van der Waals surface area (Å²) in [5.41, 5.74) is 7.76. The van der Waals surface area contributed by atoms with E-state index in [2.05, 4.69) is 18.6 Å². The van der Waals surface area contributed by atoms with E-state index in [0.717, 1.165) is 24.0 Å². The van der Waals surface area contributed by atoms with E-state index >= 15 is 0 Å². The van der Waals surface area contributed by atoms with E-state index in [1.165, 1.54) is 0 Å². The van der Waals surface area contributed by atoms with E-state index in [-0.39, 0.29) is 11.5 Å². The van der Waals surface area contributed by atoms with Gasteiger partial charge in [0.2, 0.25) is 10.0 Å². The van der Waals surface area contributed by atoms with Gasteiger partial charge in [-0.15, -0.1) is 0 Å². The zero-order valence-corrected chi connectivity index (χ0v) is 12.5. The fraction of sp³-hybridized carbons (Fsp3) is 0.571. The van der Waals surface area contributed by atoms with Crippen molar-refractivity contribution in [2.45, 2.75) is 51.1 Å². The lowest BCUT2D eigenvalue weighted by Crippen LogP contribution is -2.28. The van der Waals surface area contributed by atoms with Gasteiger partial charge >= 0.3 is 0 Å². The van der Waals surface area contributed by atoms with Crippen molar-refractivity contribution in [1.82, 2.24) is 4.72 Å². The maximum atomic E-state index is 12.3. The lowest BCUT2D eigenvalue weighted by Gasteiger charge is -2.11. The Hall–Kier alpha value is -0.910. The van der Waals surface area contributed by atoms with Crippen molar-refractivity contribution < 1.29 is 8.42 Å². The fourth-order valence-electron chi connectivity index (χ4n) is 2.23. The minimum atomic E-state index is -3.43. The Bertz CT molecular complexity index is 579. The average Bonchev–Trinajstić information content (AvgIpc) is 2.94. The maximum absolute atomic E-state index is 12.3. The summed E-state index contributed by atoms with van der Waals surface area (Å²) in [6.07, 6.45) is 1.75. The van der Waals surface area contributed by atoms with Crippen LogP contribution in [-0.2, 0) is 23.0 Å². The fourth-order valence-corrected chi connectivity index (χ4v) is 3.69. The zero-order chi connectivity index (χ0) is 14.3. The highest BCUT2D eigenvalue weighted by Gasteiger charge is 2.47. The molecule has 1 aromatic rings. The first-order chi connectivity index (χ1) is 8.80. The van der Waals surface area contributed by atoms with Gasteiger partial charge in [-0.05, 0) is 41.5 Å². The maximum Gasteiger partial charge on any atom is 0.240 e. The van der Waals surface area contributed by atoms with Gasteiger partial charge in [-0.2, -0.15) is 0 Å². The molecule has 0 aliphatic heterocycles. The van der Waals surface area contributed by atoms with Crippen LogP contribution in [0.2, 0.25) is 0 Å². The molecule has 0 spiro atoms. The summed E-state index contributed by atoms with van der Waals surface area (Å²) in [5, 5.41) is 0. The van der Waals surface area contributed by atoms with Gasteiger partial charge < -0.3 is 5.73 Å². The molecule has 3 N–H and O–H groups in total. The third-order valence-electron chi connectivity index (χ3n) is 3.90. The van der Waals surface area contributed by atoms with Gasteiger partial charge in [0.05, 0.1) is 4.90 Å². The summed E-state index contributed by atoms with van der Waals surface area (Å²) >= 11 is 0. The van der Waals surface area contributed by atoms with E-state index in [1.54, 1.807) is 12.1 Å². The SMILES string of the molecule is CCc1ccc(S(=O)(=O)NC2CC2(C)C)cc1CN. The number of nitrogens with one attached hydrogen (secondary N) is 1. The first kappa shape index (κ1) is 14.5. The van der Waals surface area contributed by atoms with Crippen LogP contribution in [0.5, 0.6) is 0 Å². The van der Waals surface area contributed by atoms with E-state index in [0.29, 0.717) is 11.4 Å². The summed E-state index contributed by atoms with van der Waals surface area (Å²) in [5.74, 6) is 0. The molecule has 0 heterocycles. The van der Waals surface area contributed by atoms with Crippen molar-refractivity contribution in [3.05, 3.63) is 29.3 Å². The number of sulfonamides is 1. The number of hydrogen-bond acceptors (Lipinski definition) is 3. The highest BCUT2D eigenvalue weighted by atomic mass is 32.2. The van der Waals surface area contributed by atoms with Crippen LogP contribution in [-0.4, -0.2) is 14.5 Å². The standard InChI is InChI=1S/C14H22N2O2S/c1-4-10-5-6-12(7-11(10)9-15)19(17,18)16-13-8-14(13,2)3/h5-7,13,16H,4,8-9,15H2,1-3H3. The molecular weight excluding hydrogens is 260 g/mol. The Kier molecular flexibility index (Phi) is 3.73. The number of nitrogens with two attached hydrogens (primary N) is 1. The number of aryl methyl sites for hydroxylation is 1. The molecule has 0 amide bonds. The number of hydrogen-bond donors (Lipinski definition) is 2. The van der Waals surface area contributed by atoms with Crippen LogP contribution in [0.1, 0.15) is 38.3 Å². The van der Waals surface area contributed by atoms with Crippen LogP contribution in [0, 0.1) is 5.41 Å². The van der Waals surface area contributed by atoms with Gasteiger partial charge in [0.25, 0.3) is 0 Å². The van der Waals surface area contributed by atoms with E-state index < -0.39 is 10.0 Å². The third-order valence-corrected chi connectivity index (χ3v) is 5.37.